The normalized spacial score (nSPS) is 20.4. The van der Waals surface area contributed by atoms with Crippen LogP contribution in [0.4, 0.5) is 9.59 Å². The number of rotatable bonds is 5. The molecule has 0 radical (unpaired) electrons. The number of amides is 5. The molecule has 2 fully saturated rings. The Morgan fingerprint density at radius 2 is 1.93 bits per heavy atom. The van der Waals surface area contributed by atoms with E-state index in [0.29, 0.717) is 5.75 Å². The largest absolute Gasteiger partial charge is 0.490 e. The highest BCUT2D eigenvalue weighted by Crippen LogP contribution is 2.26. The fourth-order valence-corrected chi connectivity index (χ4v) is 3.61. The minimum absolute atomic E-state index is 0.0414. The number of hydrogen-bond acceptors (Lipinski definition) is 5. The van der Waals surface area contributed by atoms with Crippen molar-refractivity contribution >= 4 is 18.0 Å². The summed E-state index contributed by atoms with van der Waals surface area (Å²) < 4.78 is 5.78. The van der Waals surface area contributed by atoms with Gasteiger partial charge in [-0.3, -0.25) is 9.69 Å². The highest BCUT2D eigenvalue weighted by Gasteiger charge is 2.48. The maximum Gasteiger partial charge on any atom is 0.327 e. The van der Waals surface area contributed by atoms with Gasteiger partial charge in [0.1, 0.15) is 24.5 Å². The Hall–Kier alpha value is -2.81. The Bertz CT molecular complexity index is 812. The van der Waals surface area contributed by atoms with Crippen molar-refractivity contribution in [1.29, 1.82) is 0 Å². The molecule has 5 amide bonds. The van der Waals surface area contributed by atoms with E-state index in [2.05, 4.69) is 0 Å². The van der Waals surface area contributed by atoms with Crippen LogP contribution in [-0.2, 0) is 4.79 Å². The third-order valence-electron chi connectivity index (χ3n) is 5.41. The van der Waals surface area contributed by atoms with Gasteiger partial charge in [-0.2, -0.15) is 0 Å². The molecule has 0 spiro atoms. The second-order valence-electron chi connectivity index (χ2n) is 7.34. The summed E-state index contributed by atoms with van der Waals surface area (Å²) in [6.45, 7) is 6.24. The number of carbonyl (C=O) groups is 3. The van der Waals surface area contributed by atoms with E-state index < -0.39 is 30.1 Å². The number of fused-ring (bicyclic) bond motifs is 1. The third-order valence-corrected chi connectivity index (χ3v) is 5.41. The number of nitrogens with two attached hydrogens (primary N) is 1. The van der Waals surface area contributed by atoms with Crippen LogP contribution in [0.5, 0.6) is 5.75 Å². The third kappa shape index (κ3) is 3.62. The van der Waals surface area contributed by atoms with Crippen LogP contribution in [-0.4, -0.2) is 82.7 Å². The first-order chi connectivity index (χ1) is 13.2. The van der Waals surface area contributed by atoms with E-state index >= 15 is 0 Å². The van der Waals surface area contributed by atoms with Crippen LogP contribution in [0.2, 0.25) is 0 Å². The van der Waals surface area contributed by atoms with Crippen molar-refractivity contribution in [3.63, 3.8) is 0 Å². The van der Waals surface area contributed by atoms with Crippen molar-refractivity contribution in [1.82, 2.24) is 14.7 Å². The number of piperazine rings is 1. The maximum absolute atomic E-state index is 12.6. The van der Waals surface area contributed by atoms with E-state index in [4.69, 9.17) is 10.5 Å². The number of carbonyl (C=O) groups excluding carboxylic acids is 3. The molecule has 28 heavy (non-hydrogen) atoms. The van der Waals surface area contributed by atoms with Gasteiger partial charge in [0, 0.05) is 13.1 Å². The molecule has 0 aliphatic carbocycles. The van der Waals surface area contributed by atoms with Gasteiger partial charge in [0.05, 0.1) is 13.1 Å². The summed E-state index contributed by atoms with van der Waals surface area (Å²) in [6.07, 6.45) is -1.03. The summed E-state index contributed by atoms with van der Waals surface area (Å²) in [5.41, 5.74) is 8.30. The Labute approximate surface area is 163 Å². The van der Waals surface area contributed by atoms with Gasteiger partial charge in [-0.05, 0) is 37.5 Å². The standard InChI is InChI=1S/C19H26N4O5/c1-11-4-5-12(2)16(13(11)3)28-10-14(24)8-23-17(25)15-9-21(18(20)26)6-7-22(15)19(23)27/h4-5,14-15,24H,6-10H2,1-3H3,(H2,20,26). The minimum atomic E-state index is -1.03. The molecule has 2 unspecified atom stereocenters. The molecule has 0 aromatic heterocycles. The van der Waals surface area contributed by atoms with Crippen LogP contribution in [0, 0.1) is 20.8 Å². The number of ether oxygens (including phenoxy) is 1. The molecule has 3 N–H and O–H groups in total. The second kappa shape index (κ2) is 7.67. The topological polar surface area (TPSA) is 116 Å². The molecule has 1 aromatic rings. The molecule has 2 aliphatic heterocycles. The first kappa shape index (κ1) is 19.9. The van der Waals surface area contributed by atoms with E-state index in [1.807, 2.05) is 32.9 Å². The lowest BCUT2D eigenvalue weighted by molar-refractivity contribution is -0.130. The first-order valence-electron chi connectivity index (χ1n) is 9.24. The lowest BCUT2D eigenvalue weighted by atomic mass is 10.1. The molecule has 0 saturated carbocycles. The summed E-state index contributed by atoms with van der Waals surface area (Å²) in [5.74, 6) is 0.269. The Kier molecular flexibility index (Phi) is 5.46. The van der Waals surface area contributed by atoms with Crippen molar-refractivity contribution in [3.8, 4) is 5.75 Å². The van der Waals surface area contributed by atoms with E-state index in [-0.39, 0.29) is 32.8 Å². The molecule has 2 aliphatic rings. The van der Waals surface area contributed by atoms with Gasteiger partial charge in [-0.25, -0.2) is 9.59 Å². The van der Waals surface area contributed by atoms with Crippen molar-refractivity contribution in [2.75, 3.05) is 32.8 Å². The number of β-amino-alcohol motifs (C(OH)–C–C–N with tert-alkyl or cyclic N) is 1. The number of imide groups is 1. The van der Waals surface area contributed by atoms with Crippen molar-refractivity contribution in [2.24, 2.45) is 5.73 Å². The molecule has 152 valence electrons. The van der Waals surface area contributed by atoms with Gasteiger partial charge >= 0.3 is 12.1 Å². The number of primary amides is 1. The monoisotopic (exact) mass is 390 g/mol. The predicted octanol–water partition coefficient (Wildman–Crippen LogP) is 0.379. The molecule has 0 bridgehead atoms. The molecule has 2 heterocycles. The van der Waals surface area contributed by atoms with Crippen molar-refractivity contribution < 1.29 is 24.2 Å². The Morgan fingerprint density at radius 1 is 1.25 bits per heavy atom. The van der Waals surface area contributed by atoms with Crippen LogP contribution < -0.4 is 10.5 Å². The number of nitrogens with zero attached hydrogens (tertiary/aromatic N) is 3. The van der Waals surface area contributed by atoms with Gasteiger partial charge in [-0.15, -0.1) is 0 Å². The van der Waals surface area contributed by atoms with Crippen molar-refractivity contribution in [2.45, 2.75) is 32.9 Å². The number of aryl methyl sites for hydroxylation is 2. The fraction of sp³-hybridized carbons (Fsp3) is 0.526. The average Bonchev–Trinajstić information content (AvgIpc) is 2.89. The molecular formula is C19H26N4O5. The van der Waals surface area contributed by atoms with Crippen molar-refractivity contribution in [3.05, 3.63) is 28.8 Å². The molecular weight excluding hydrogens is 364 g/mol. The van der Waals surface area contributed by atoms with E-state index in [1.165, 1.54) is 9.80 Å². The molecule has 2 saturated heterocycles. The Morgan fingerprint density at radius 3 is 2.61 bits per heavy atom. The quantitative estimate of drug-likeness (QED) is 0.705. The van der Waals surface area contributed by atoms with Gasteiger partial charge in [-0.1, -0.05) is 12.1 Å². The van der Waals surface area contributed by atoms with Gasteiger partial charge in [0.25, 0.3) is 5.91 Å². The highest BCUT2D eigenvalue weighted by molar-refractivity contribution is 6.04. The zero-order chi connectivity index (χ0) is 20.6. The first-order valence-corrected chi connectivity index (χ1v) is 9.24. The van der Waals surface area contributed by atoms with Crippen LogP contribution >= 0.6 is 0 Å². The predicted molar refractivity (Wildman–Crippen MR) is 101 cm³/mol. The number of hydrogen-bond donors (Lipinski definition) is 2. The summed E-state index contributed by atoms with van der Waals surface area (Å²) in [5, 5.41) is 10.4. The van der Waals surface area contributed by atoms with Crippen LogP contribution in [0.15, 0.2) is 12.1 Å². The van der Waals surface area contributed by atoms with Gasteiger partial charge < -0.3 is 25.4 Å². The second-order valence-corrected chi connectivity index (χ2v) is 7.34. The molecule has 1 aromatic carbocycles. The Balaban J connectivity index is 1.62. The summed E-state index contributed by atoms with van der Waals surface area (Å²) in [7, 11) is 0. The fourth-order valence-electron chi connectivity index (χ4n) is 3.61. The summed E-state index contributed by atoms with van der Waals surface area (Å²) >= 11 is 0. The number of aliphatic hydroxyl groups excluding tert-OH is 1. The summed E-state index contributed by atoms with van der Waals surface area (Å²) in [6, 6.07) is 2.13. The zero-order valence-electron chi connectivity index (χ0n) is 16.3. The highest BCUT2D eigenvalue weighted by atomic mass is 16.5. The average molecular weight is 390 g/mol. The van der Waals surface area contributed by atoms with Gasteiger partial charge in [0.15, 0.2) is 0 Å². The summed E-state index contributed by atoms with van der Waals surface area (Å²) in [4.78, 5) is 40.3. The lowest BCUT2D eigenvalue weighted by Crippen LogP contribution is -2.55. The smallest absolute Gasteiger partial charge is 0.327 e. The number of benzene rings is 1. The van der Waals surface area contributed by atoms with E-state index in [9.17, 15) is 19.5 Å². The van der Waals surface area contributed by atoms with Gasteiger partial charge in [0.2, 0.25) is 0 Å². The minimum Gasteiger partial charge on any atom is -0.490 e. The molecule has 3 rings (SSSR count). The SMILES string of the molecule is Cc1ccc(C)c(OCC(O)CN2C(=O)C3CN(C(N)=O)CCN3C2=O)c1C. The molecule has 9 nitrogen and oxygen atoms in total. The van der Waals surface area contributed by atoms with Crippen LogP contribution in [0.3, 0.4) is 0 Å². The maximum atomic E-state index is 12.6. The number of aliphatic hydroxyl groups is 1. The zero-order valence-corrected chi connectivity index (χ0v) is 16.3. The molecule has 2 atom stereocenters. The van der Waals surface area contributed by atoms with Crippen LogP contribution in [0.1, 0.15) is 16.7 Å². The van der Waals surface area contributed by atoms with E-state index in [1.54, 1.807) is 0 Å². The van der Waals surface area contributed by atoms with Crippen LogP contribution in [0.25, 0.3) is 0 Å². The lowest BCUT2D eigenvalue weighted by Gasteiger charge is -2.34. The van der Waals surface area contributed by atoms with E-state index in [0.717, 1.165) is 21.6 Å². The molecule has 9 heteroatoms. The number of urea groups is 2.